The van der Waals surface area contributed by atoms with Crippen LogP contribution in [0.2, 0.25) is 0 Å². The third-order valence-corrected chi connectivity index (χ3v) is 4.96. The lowest BCUT2D eigenvalue weighted by Gasteiger charge is -2.23. The molecule has 0 radical (unpaired) electrons. The molecule has 1 atom stereocenters. The van der Waals surface area contributed by atoms with Crippen LogP contribution in [0.5, 0.6) is 0 Å². The molecule has 24 heavy (non-hydrogen) atoms. The molecule has 0 bridgehead atoms. The maximum absolute atomic E-state index is 12.6. The van der Waals surface area contributed by atoms with Gasteiger partial charge >= 0.3 is 0 Å². The molecule has 0 aliphatic carbocycles. The average molecular weight is 347 g/mol. The van der Waals surface area contributed by atoms with Crippen molar-refractivity contribution in [2.45, 2.75) is 57.1 Å². The van der Waals surface area contributed by atoms with E-state index >= 15 is 0 Å². The summed E-state index contributed by atoms with van der Waals surface area (Å²) < 4.78 is 1.76. The van der Waals surface area contributed by atoms with Crippen molar-refractivity contribution in [3.8, 4) is 0 Å². The smallest absolute Gasteiger partial charge is 0.234 e. The van der Waals surface area contributed by atoms with Crippen molar-refractivity contribution >= 4 is 17.7 Å². The number of carbonyl (C=O) groups excluding carboxylic acids is 1. The Kier molecular flexibility index (Phi) is 5.99. The van der Waals surface area contributed by atoms with Crippen LogP contribution < -0.4 is 5.32 Å². The van der Waals surface area contributed by atoms with Crippen molar-refractivity contribution in [1.29, 1.82) is 0 Å². The Bertz CT molecular complexity index is 663. The van der Waals surface area contributed by atoms with Gasteiger partial charge in [-0.15, -0.1) is 5.10 Å². The first-order valence-corrected chi connectivity index (χ1v) is 8.94. The molecule has 1 N–H and O–H groups in total. The normalized spacial score (nSPS) is 13.1. The number of thioether (sulfide) groups is 1. The minimum Gasteiger partial charge on any atom is -0.351 e. The Hall–Kier alpha value is -1.89. The minimum absolute atomic E-state index is 0.00214. The van der Waals surface area contributed by atoms with Crippen LogP contribution in [0.3, 0.4) is 0 Å². The Morgan fingerprint density at radius 1 is 1.25 bits per heavy atom. The van der Waals surface area contributed by atoms with Gasteiger partial charge in [0.1, 0.15) is 0 Å². The molecule has 0 aliphatic heterocycles. The van der Waals surface area contributed by atoms with Gasteiger partial charge < -0.3 is 5.32 Å². The zero-order chi connectivity index (χ0) is 17.7. The van der Waals surface area contributed by atoms with Gasteiger partial charge in [0.2, 0.25) is 11.1 Å². The monoisotopic (exact) mass is 347 g/mol. The summed E-state index contributed by atoms with van der Waals surface area (Å²) in [5.41, 5.74) is 0.853. The zero-order valence-corrected chi connectivity index (χ0v) is 15.7. The molecule has 1 aromatic heterocycles. The first-order chi connectivity index (χ1) is 11.3. The third kappa shape index (κ3) is 4.80. The molecule has 0 saturated heterocycles. The highest BCUT2D eigenvalue weighted by Gasteiger charge is 2.28. The second kappa shape index (κ2) is 7.79. The van der Waals surface area contributed by atoms with Gasteiger partial charge in [-0.1, -0.05) is 55.9 Å². The van der Waals surface area contributed by atoms with E-state index in [1.54, 1.807) is 4.68 Å². The Morgan fingerprint density at radius 3 is 2.50 bits per heavy atom. The summed E-state index contributed by atoms with van der Waals surface area (Å²) in [6.45, 7) is 10.7. The highest BCUT2D eigenvalue weighted by Crippen LogP contribution is 2.29. The molecular formula is C17H25N5OS. The standard InChI is InChI=1S/C17H25N5OS/c1-12(2)14(15(23)18-11-13-9-7-6-8-10-13)24-16-19-20-21-22(16)17(3,4)5/h6-10,12,14H,11H2,1-5H3,(H,18,23)/t14-/m0/s1. The molecule has 0 aliphatic rings. The largest absolute Gasteiger partial charge is 0.351 e. The zero-order valence-electron chi connectivity index (χ0n) is 14.9. The van der Waals surface area contributed by atoms with Gasteiger partial charge in [0.15, 0.2) is 0 Å². The van der Waals surface area contributed by atoms with Gasteiger partial charge in [0.05, 0.1) is 10.8 Å². The van der Waals surface area contributed by atoms with Gasteiger partial charge in [0.25, 0.3) is 0 Å². The van der Waals surface area contributed by atoms with Gasteiger partial charge in [-0.05, 0) is 42.7 Å². The van der Waals surface area contributed by atoms with Gasteiger partial charge in [-0.3, -0.25) is 4.79 Å². The van der Waals surface area contributed by atoms with E-state index in [9.17, 15) is 4.79 Å². The van der Waals surface area contributed by atoms with Gasteiger partial charge in [-0.25, -0.2) is 4.68 Å². The van der Waals surface area contributed by atoms with E-state index < -0.39 is 0 Å². The van der Waals surface area contributed by atoms with Crippen molar-refractivity contribution in [2.24, 2.45) is 5.92 Å². The van der Waals surface area contributed by atoms with E-state index in [-0.39, 0.29) is 22.6 Å². The minimum atomic E-state index is -0.249. The number of benzene rings is 1. The summed E-state index contributed by atoms with van der Waals surface area (Å²) in [7, 11) is 0. The first kappa shape index (κ1) is 18.4. The van der Waals surface area contributed by atoms with Crippen LogP contribution >= 0.6 is 11.8 Å². The first-order valence-electron chi connectivity index (χ1n) is 8.06. The molecular weight excluding hydrogens is 322 g/mol. The Labute approximate surface area is 147 Å². The highest BCUT2D eigenvalue weighted by atomic mass is 32.2. The summed E-state index contributed by atoms with van der Waals surface area (Å²) in [6, 6.07) is 9.89. The number of carbonyl (C=O) groups is 1. The lowest BCUT2D eigenvalue weighted by atomic mass is 10.1. The van der Waals surface area contributed by atoms with Crippen LogP contribution in [0.15, 0.2) is 35.5 Å². The second-order valence-electron chi connectivity index (χ2n) is 7.03. The van der Waals surface area contributed by atoms with Crippen LogP contribution in [0, 0.1) is 5.92 Å². The average Bonchev–Trinajstić information content (AvgIpc) is 2.99. The quantitative estimate of drug-likeness (QED) is 0.814. The SMILES string of the molecule is CC(C)[C@H](Sc1nnnn1C(C)(C)C)C(=O)NCc1ccccc1. The molecule has 0 saturated carbocycles. The number of aromatic nitrogens is 4. The molecule has 130 valence electrons. The second-order valence-corrected chi connectivity index (χ2v) is 8.14. The summed E-state index contributed by atoms with van der Waals surface area (Å²) in [6.07, 6.45) is 0. The molecule has 0 fully saturated rings. The number of tetrazole rings is 1. The molecule has 0 spiro atoms. The Balaban J connectivity index is 2.07. The lowest BCUT2D eigenvalue weighted by molar-refractivity contribution is -0.121. The molecule has 7 heteroatoms. The summed E-state index contributed by atoms with van der Waals surface area (Å²) >= 11 is 1.42. The van der Waals surface area contributed by atoms with Crippen LogP contribution in [0.4, 0.5) is 0 Å². The number of rotatable bonds is 6. The Morgan fingerprint density at radius 2 is 1.92 bits per heavy atom. The van der Waals surface area contributed by atoms with E-state index in [1.807, 2.05) is 65.0 Å². The van der Waals surface area contributed by atoms with Crippen molar-refractivity contribution in [1.82, 2.24) is 25.5 Å². The predicted molar refractivity (Wildman–Crippen MR) is 95.6 cm³/mol. The highest BCUT2D eigenvalue weighted by molar-refractivity contribution is 8.00. The van der Waals surface area contributed by atoms with Crippen LogP contribution in [0.25, 0.3) is 0 Å². The van der Waals surface area contributed by atoms with Crippen LogP contribution in [-0.2, 0) is 16.9 Å². The predicted octanol–water partition coefficient (Wildman–Crippen LogP) is 2.86. The molecule has 0 unspecified atom stereocenters. The topological polar surface area (TPSA) is 72.7 Å². The molecule has 1 aromatic carbocycles. The number of nitrogens with one attached hydrogen (secondary N) is 1. The van der Waals surface area contributed by atoms with Crippen LogP contribution in [0.1, 0.15) is 40.2 Å². The van der Waals surface area contributed by atoms with E-state index in [0.29, 0.717) is 11.7 Å². The van der Waals surface area contributed by atoms with E-state index in [0.717, 1.165) is 5.56 Å². The maximum atomic E-state index is 12.6. The van der Waals surface area contributed by atoms with Crippen molar-refractivity contribution < 1.29 is 4.79 Å². The van der Waals surface area contributed by atoms with E-state index in [4.69, 9.17) is 0 Å². The molecule has 2 aromatic rings. The van der Waals surface area contributed by atoms with Crippen molar-refractivity contribution in [3.05, 3.63) is 35.9 Å². The number of hydrogen-bond acceptors (Lipinski definition) is 5. The molecule has 1 heterocycles. The maximum Gasteiger partial charge on any atom is 0.234 e. The number of nitrogens with zero attached hydrogens (tertiary/aromatic N) is 4. The van der Waals surface area contributed by atoms with Gasteiger partial charge in [0, 0.05) is 6.54 Å². The van der Waals surface area contributed by atoms with Gasteiger partial charge in [-0.2, -0.15) is 0 Å². The fourth-order valence-corrected chi connectivity index (χ4v) is 3.35. The number of hydrogen-bond donors (Lipinski definition) is 1. The van der Waals surface area contributed by atoms with Crippen molar-refractivity contribution in [2.75, 3.05) is 0 Å². The van der Waals surface area contributed by atoms with E-state index in [2.05, 4.69) is 20.8 Å². The fourth-order valence-electron chi connectivity index (χ4n) is 2.17. The lowest BCUT2D eigenvalue weighted by Crippen LogP contribution is -2.36. The summed E-state index contributed by atoms with van der Waals surface area (Å²) in [4.78, 5) is 12.6. The summed E-state index contributed by atoms with van der Waals surface area (Å²) in [5.74, 6) is 0.165. The third-order valence-electron chi connectivity index (χ3n) is 3.48. The number of amides is 1. The summed E-state index contributed by atoms with van der Waals surface area (Å²) in [5, 5.41) is 15.3. The fraction of sp³-hybridized carbons (Fsp3) is 0.529. The van der Waals surface area contributed by atoms with E-state index in [1.165, 1.54) is 11.8 Å². The molecule has 1 amide bonds. The molecule has 2 rings (SSSR count). The van der Waals surface area contributed by atoms with Crippen LogP contribution in [-0.4, -0.2) is 31.4 Å². The van der Waals surface area contributed by atoms with Crippen molar-refractivity contribution in [3.63, 3.8) is 0 Å². The molecule has 6 nitrogen and oxygen atoms in total.